The van der Waals surface area contributed by atoms with E-state index in [2.05, 4.69) is 10.0 Å². The molecule has 0 aliphatic heterocycles. The van der Waals surface area contributed by atoms with E-state index in [4.69, 9.17) is 0 Å². The van der Waals surface area contributed by atoms with Crippen molar-refractivity contribution >= 4 is 26.0 Å². The minimum Gasteiger partial charge on any atom is -0.346 e. The lowest BCUT2D eigenvalue weighted by atomic mass is 10.1. The fourth-order valence-electron chi connectivity index (χ4n) is 2.63. The maximum Gasteiger partial charge on any atom is 0.252 e. The van der Waals surface area contributed by atoms with Crippen molar-refractivity contribution in [3.05, 3.63) is 59.2 Å². The van der Waals surface area contributed by atoms with Gasteiger partial charge in [-0.25, -0.2) is 25.9 Å². The zero-order valence-corrected chi connectivity index (χ0v) is 18.6. The van der Waals surface area contributed by atoms with Crippen LogP contribution >= 0.6 is 0 Å². The van der Waals surface area contributed by atoms with Crippen LogP contribution in [0.15, 0.2) is 52.3 Å². The Morgan fingerprint density at radius 1 is 0.966 bits per heavy atom. The standard InChI is InChI=1S/C19H25N3O5S2/c1-13-6-9-17(28(24,25)20-3)12-18(13)19(23)21-14(2)15-7-10-16(11-8-15)29(26,27)22(4)5/h6-12,14,20H,1-5H3,(H,21,23). The number of nitrogens with one attached hydrogen (secondary N) is 2. The molecule has 29 heavy (non-hydrogen) atoms. The molecular formula is C19H25N3O5S2. The number of carbonyl (C=O) groups is 1. The minimum atomic E-state index is -3.67. The van der Waals surface area contributed by atoms with Gasteiger partial charge in [-0.2, -0.15) is 0 Å². The highest BCUT2D eigenvalue weighted by atomic mass is 32.2. The van der Waals surface area contributed by atoms with Crippen LogP contribution in [0.1, 0.15) is 34.5 Å². The van der Waals surface area contributed by atoms with Gasteiger partial charge in [-0.05, 0) is 56.3 Å². The molecule has 1 amide bonds. The van der Waals surface area contributed by atoms with Crippen LogP contribution in [-0.2, 0) is 20.0 Å². The average molecular weight is 440 g/mol. The van der Waals surface area contributed by atoms with Gasteiger partial charge in [0.15, 0.2) is 0 Å². The van der Waals surface area contributed by atoms with Crippen LogP contribution in [0.2, 0.25) is 0 Å². The molecule has 2 N–H and O–H groups in total. The van der Waals surface area contributed by atoms with Crippen LogP contribution in [0.4, 0.5) is 0 Å². The van der Waals surface area contributed by atoms with Crippen molar-refractivity contribution in [3.63, 3.8) is 0 Å². The van der Waals surface area contributed by atoms with E-state index in [1.165, 1.54) is 45.4 Å². The summed E-state index contributed by atoms with van der Waals surface area (Å²) in [6.45, 7) is 3.48. The topological polar surface area (TPSA) is 113 Å². The van der Waals surface area contributed by atoms with Crippen LogP contribution < -0.4 is 10.0 Å². The van der Waals surface area contributed by atoms with Gasteiger partial charge in [0.1, 0.15) is 0 Å². The molecule has 8 nitrogen and oxygen atoms in total. The molecule has 0 bridgehead atoms. The van der Waals surface area contributed by atoms with E-state index >= 15 is 0 Å². The van der Waals surface area contributed by atoms with Gasteiger partial charge < -0.3 is 5.32 Å². The third-order valence-corrected chi connectivity index (χ3v) is 7.78. The molecule has 0 saturated heterocycles. The van der Waals surface area contributed by atoms with E-state index in [0.29, 0.717) is 11.1 Å². The Morgan fingerprint density at radius 3 is 2.03 bits per heavy atom. The Balaban J connectivity index is 2.24. The summed E-state index contributed by atoms with van der Waals surface area (Å²) in [4.78, 5) is 12.9. The number of sulfonamides is 2. The van der Waals surface area contributed by atoms with Crippen molar-refractivity contribution in [2.24, 2.45) is 0 Å². The summed E-state index contributed by atoms with van der Waals surface area (Å²) in [7, 11) is -2.98. The largest absolute Gasteiger partial charge is 0.346 e. The number of carbonyl (C=O) groups excluding carboxylic acids is 1. The van der Waals surface area contributed by atoms with Gasteiger partial charge in [0.2, 0.25) is 20.0 Å². The van der Waals surface area contributed by atoms with Crippen molar-refractivity contribution in [1.29, 1.82) is 0 Å². The summed E-state index contributed by atoms with van der Waals surface area (Å²) in [5.41, 5.74) is 1.60. The van der Waals surface area contributed by atoms with E-state index < -0.39 is 32.0 Å². The van der Waals surface area contributed by atoms with Gasteiger partial charge in [-0.15, -0.1) is 0 Å². The van der Waals surface area contributed by atoms with Gasteiger partial charge in [-0.1, -0.05) is 18.2 Å². The van der Waals surface area contributed by atoms with Crippen LogP contribution in [0, 0.1) is 6.92 Å². The van der Waals surface area contributed by atoms with Crippen LogP contribution in [0.25, 0.3) is 0 Å². The van der Waals surface area contributed by atoms with Crippen LogP contribution in [0.5, 0.6) is 0 Å². The van der Waals surface area contributed by atoms with E-state index in [1.807, 2.05) is 0 Å². The summed E-state index contributed by atoms with van der Waals surface area (Å²) in [5.74, 6) is -0.423. The Bertz CT molecular complexity index is 1110. The van der Waals surface area contributed by atoms with E-state index in [9.17, 15) is 21.6 Å². The van der Waals surface area contributed by atoms with Crippen LogP contribution in [-0.4, -0.2) is 48.2 Å². The fraction of sp³-hybridized carbons (Fsp3) is 0.316. The lowest BCUT2D eigenvalue weighted by molar-refractivity contribution is 0.0939. The number of hydrogen-bond donors (Lipinski definition) is 2. The normalized spacial score (nSPS) is 13.3. The van der Waals surface area contributed by atoms with Crippen molar-refractivity contribution in [1.82, 2.24) is 14.3 Å². The molecular weight excluding hydrogens is 414 g/mol. The van der Waals surface area contributed by atoms with Crippen LogP contribution in [0.3, 0.4) is 0 Å². The van der Waals surface area contributed by atoms with Gasteiger partial charge in [-0.3, -0.25) is 4.79 Å². The highest BCUT2D eigenvalue weighted by Gasteiger charge is 2.20. The number of nitrogens with zero attached hydrogens (tertiary/aromatic N) is 1. The molecule has 2 rings (SSSR count). The second-order valence-corrected chi connectivity index (χ2v) is 10.8. The highest BCUT2D eigenvalue weighted by molar-refractivity contribution is 7.89. The van der Waals surface area contributed by atoms with Crippen molar-refractivity contribution < 1.29 is 21.6 Å². The molecule has 0 radical (unpaired) electrons. The first-order valence-electron chi connectivity index (χ1n) is 8.77. The molecule has 0 aromatic heterocycles. The number of benzene rings is 2. The SMILES string of the molecule is CNS(=O)(=O)c1ccc(C)c(C(=O)NC(C)c2ccc(S(=O)(=O)N(C)C)cc2)c1. The monoisotopic (exact) mass is 439 g/mol. The minimum absolute atomic E-state index is 0.00153. The summed E-state index contributed by atoms with van der Waals surface area (Å²) in [6.07, 6.45) is 0. The summed E-state index contributed by atoms with van der Waals surface area (Å²) < 4.78 is 51.6. The quantitative estimate of drug-likeness (QED) is 0.681. The Hall–Kier alpha value is -2.27. The maximum atomic E-state index is 12.7. The molecule has 1 unspecified atom stereocenters. The summed E-state index contributed by atoms with van der Waals surface area (Å²) >= 11 is 0. The van der Waals surface area contributed by atoms with Crippen molar-refractivity contribution in [2.45, 2.75) is 29.7 Å². The predicted molar refractivity (Wildman–Crippen MR) is 111 cm³/mol. The molecule has 0 fully saturated rings. The first-order chi connectivity index (χ1) is 13.4. The maximum absolute atomic E-state index is 12.7. The summed E-state index contributed by atoms with van der Waals surface area (Å²) in [6, 6.07) is 10.2. The third kappa shape index (κ3) is 5.02. The number of aryl methyl sites for hydroxylation is 1. The van der Waals surface area contributed by atoms with E-state index in [1.54, 1.807) is 32.0 Å². The highest BCUT2D eigenvalue weighted by Crippen LogP contribution is 2.20. The molecule has 10 heteroatoms. The zero-order valence-electron chi connectivity index (χ0n) is 16.9. The Kier molecular flexibility index (Phi) is 6.84. The fourth-order valence-corrected chi connectivity index (χ4v) is 4.29. The molecule has 0 saturated carbocycles. The average Bonchev–Trinajstić information content (AvgIpc) is 2.67. The van der Waals surface area contributed by atoms with E-state index in [-0.39, 0.29) is 15.4 Å². The number of hydrogen-bond acceptors (Lipinski definition) is 5. The van der Waals surface area contributed by atoms with Gasteiger partial charge in [0, 0.05) is 19.7 Å². The molecule has 0 spiro atoms. The van der Waals surface area contributed by atoms with E-state index in [0.717, 1.165) is 4.31 Å². The predicted octanol–water partition coefficient (Wildman–Crippen LogP) is 1.64. The molecule has 2 aromatic rings. The van der Waals surface area contributed by atoms with Crippen molar-refractivity contribution in [3.8, 4) is 0 Å². The molecule has 0 aliphatic carbocycles. The molecule has 158 valence electrons. The first-order valence-corrected chi connectivity index (χ1v) is 11.7. The molecule has 2 aromatic carbocycles. The number of amides is 1. The Morgan fingerprint density at radius 2 is 1.52 bits per heavy atom. The second-order valence-electron chi connectivity index (χ2n) is 6.74. The third-order valence-electron chi connectivity index (χ3n) is 4.54. The zero-order chi connectivity index (χ0) is 22.0. The molecule has 1 atom stereocenters. The first kappa shape index (κ1) is 23.0. The number of rotatable bonds is 7. The van der Waals surface area contributed by atoms with Gasteiger partial charge >= 0.3 is 0 Å². The second kappa shape index (κ2) is 8.62. The van der Waals surface area contributed by atoms with Gasteiger partial charge in [0.05, 0.1) is 15.8 Å². The summed E-state index contributed by atoms with van der Waals surface area (Å²) in [5, 5.41) is 2.82. The van der Waals surface area contributed by atoms with Gasteiger partial charge in [0.25, 0.3) is 5.91 Å². The lowest BCUT2D eigenvalue weighted by Crippen LogP contribution is -2.28. The van der Waals surface area contributed by atoms with Crippen molar-refractivity contribution in [2.75, 3.05) is 21.1 Å². The molecule has 0 aliphatic rings. The Labute approximate surface area is 172 Å². The smallest absolute Gasteiger partial charge is 0.252 e. The molecule has 0 heterocycles. The lowest BCUT2D eigenvalue weighted by Gasteiger charge is -2.17.